The van der Waals surface area contributed by atoms with Crippen molar-refractivity contribution in [2.45, 2.75) is 50.2 Å². The Hall–Kier alpha value is -1.46. The highest BCUT2D eigenvalue weighted by molar-refractivity contribution is 5.56. The van der Waals surface area contributed by atoms with E-state index in [1.54, 1.807) is 21.3 Å². The molecule has 1 aliphatic heterocycles. The topological polar surface area (TPSA) is 60.0 Å². The van der Waals surface area contributed by atoms with Gasteiger partial charge in [-0.2, -0.15) is 0 Å². The largest absolute Gasteiger partial charge is 0.493 e. The van der Waals surface area contributed by atoms with Gasteiger partial charge < -0.3 is 24.6 Å². The summed E-state index contributed by atoms with van der Waals surface area (Å²) in [6, 6.07) is 4.22. The van der Waals surface area contributed by atoms with Crippen molar-refractivity contribution in [3.63, 3.8) is 0 Å². The Labute approximate surface area is 144 Å². The number of rotatable bonds is 5. The lowest BCUT2D eigenvalue weighted by Crippen LogP contribution is -2.58. The summed E-state index contributed by atoms with van der Waals surface area (Å²) in [6.07, 6.45) is 6.03. The van der Waals surface area contributed by atoms with Crippen molar-refractivity contribution in [2.75, 3.05) is 27.9 Å². The number of nitrogens with one attached hydrogen (secondary N) is 1. The molecule has 0 bridgehead atoms. The predicted molar refractivity (Wildman–Crippen MR) is 93.1 cm³/mol. The van der Waals surface area contributed by atoms with E-state index in [9.17, 15) is 5.11 Å². The molecule has 24 heavy (non-hydrogen) atoms. The molecule has 0 aromatic heterocycles. The number of piperidine rings is 1. The minimum atomic E-state index is -0.502. The molecule has 1 aromatic carbocycles. The average molecular weight is 335 g/mol. The van der Waals surface area contributed by atoms with E-state index in [4.69, 9.17) is 14.2 Å². The molecule has 3 rings (SSSR count). The van der Waals surface area contributed by atoms with E-state index in [1.165, 1.54) is 6.42 Å². The highest BCUT2D eigenvalue weighted by atomic mass is 16.5. The second-order valence-corrected chi connectivity index (χ2v) is 6.96. The molecule has 3 unspecified atom stereocenters. The van der Waals surface area contributed by atoms with Crippen LogP contribution in [0.4, 0.5) is 0 Å². The second-order valence-electron chi connectivity index (χ2n) is 6.96. The van der Waals surface area contributed by atoms with Crippen molar-refractivity contribution in [1.29, 1.82) is 0 Å². The van der Waals surface area contributed by atoms with Crippen LogP contribution in [0.15, 0.2) is 12.1 Å². The molecule has 2 N–H and O–H groups in total. The van der Waals surface area contributed by atoms with Gasteiger partial charge in [-0.05, 0) is 43.9 Å². The van der Waals surface area contributed by atoms with Crippen LogP contribution in [0.3, 0.4) is 0 Å². The van der Waals surface area contributed by atoms with Crippen LogP contribution in [-0.4, -0.2) is 44.6 Å². The molecule has 1 aliphatic carbocycles. The summed E-state index contributed by atoms with van der Waals surface area (Å²) >= 11 is 0. The summed E-state index contributed by atoms with van der Waals surface area (Å²) in [4.78, 5) is 0. The van der Waals surface area contributed by atoms with Crippen LogP contribution in [0.1, 0.15) is 37.7 Å². The monoisotopic (exact) mass is 335 g/mol. The van der Waals surface area contributed by atoms with Crippen LogP contribution < -0.4 is 19.5 Å². The highest BCUT2D eigenvalue weighted by Crippen LogP contribution is 2.44. The molecule has 134 valence electrons. The van der Waals surface area contributed by atoms with E-state index in [0.29, 0.717) is 17.4 Å². The Kier molecular flexibility index (Phi) is 5.21. The van der Waals surface area contributed by atoms with E-state index in [1.807, 2.05) is 12.1 Å². The maximum absolute atomic E-state index is 11.0. The summed E-state index contributed by atoms with van der Waals surface area (Å²) in [6.45, 7) is 0.868. The van der Waals surface area contributed by atoms with Gasteiger partial charge in [0, 0.05) is 12.0 Å². The Balaban J connectivity index is 1.87. The molecular formula is C19H29NO4. The quantitative estimate of drug-likeness (QED) is 0.866. The van der Waals surface area contributed by atoms with Crippen molar-refractivity contribution >= 4 is 0 Å². The summed E-state index contributed by atoms with van der Waals surface area (Å²) < 4.78 is 16.5. The van der Waals surface area contributed by atoms with Gasteiger partial charge in [-0.3, -0.25) is 0 Å². The van der Waals surface area contributed by atoms with Gasteiger partial charge in [0.25, 0.3) is 0 Å². The molecule has 1 saturated carbocycles. The fraction of sp³-hybridized carbons (Fsp3) is 0.684. The third-order valence-electron chi connectivity index (χ3n) is 5.74. The number of benzene rings is 1. The van der Waals surface area contributed by atoms with Gasteiger partial charge >= 0.3 is 0 Å². The molecular weight excluding hydrogens is 306 g/mol. The maximum atomic E-state index is 11.0. The maximum Gasteiger partial charge on any atom is 0.203 e. The van der Waals surface area contributed by atoms with E-state index < -0.39 is 5.60 Å². The van der Waals surface area contributed by atoms with Crippen molar-refractivity contribution in [1.82, 2.24) is 5.32 Å². The van der Waals surface area contributed by atoms with E-state index in [0.717, 1.165) is 50.0 Å². The number of hydrogen-bond donors (Lipinski definition) is 2. The number of methoxy groups -OCH3 is 3. The molecule has 5 nitrogen and oxygen atoms in total. The van der Waals surface area contributed by atoms with Crippen molar-refractivity contribution < 1.29 is 19.3 Å². The normalized spacial score (nSPS) is 29.7. The smallest absolute Gasteiger partial charge is 0.203 e. The standard InChI is InChI=1S/C19H29NO4/c1-22-16-8-7-13(17(23-2)18(16)24-3)12-15-14-6-4-5-9-19(14,21)10-11-20-15/h7-8,14-15,20-21H,4-6,9-12H2,1-3H3. The molecule has 0 radical (unpaired) electrons. The third-order valence-corrected chi connectivity index (χ3v) is 5.74. The van der Waals surface area contributed by atoms with Crippen molar-refractivity contribution in [3.05, 3.63) is 17.7 Å². The highest BCUT2D eigenvalue weighted by Gasteiger charge is 2.45. The first kappa shape index (κ1) is 17.4. The first-order chi connectivity index (χ1) is 11.6. The summed E-state index contributed by atoms with van der Waals surface area (Å²) in [7, 11) is 4.91. The average Bonchev–Trinajstić information content (AvgIpc) is 2.60. The Morgan fingerprint density at radius 1 is 1.08 bits per heavy atom. The molecule has 0 spiro atoms. The fourth-order valence-corrected chi connectivity index (χ4v) is 4.53. The first-order valence-corrected chi connectivity index (χ1v) is 8.86. The van der Waals surface area contributed by atoms with Gasteiger partial charge in [0.15, 0.2) is 11.5 Å². The van der Waals surface area contributed by atoms with Crippen molar-refractivity contribution in [2.24, 2.45) is 5.92 Å². The lowest BCUT2D eigenvalue weighted by Gasteiger charge is -2.48. The fourth-order valence-electron chi connectivity index (χ4n) is 4.53. The summed E-state index contributed by atoms with van der Waals surface area (Å²) in [5, 5.41) is 14.7. The first-order valence-electron chi connectivity index (χ1n) is 8.86. The summed E-state index contributed by atoms with van der Waals surface area (Å²) in [5.41, 5.74) is 0.584. The van der Waals surface area contributed by atoms with Gasteiger partial charge in [-0.25, -0.2) is 0 Å². The molecule has 2 fully saturated rings. The third kappa shape index (κ3) is 3.07. The zero-order chi connectivity index (χ0) is 17.2. The number of aliphatic hydroxyl groups is 1. The minimum absolute atomic E-state index is 0.260. The lowest BCUT2D eigenvalue weighted by atomic mass is 9.67. The van der Waals surface area contributed by atoms with E-state index in [2.05, 4.69) is 5.32 Å². The zero-order valence-corrected chi connectivity index (χ0v) is 14.9. The van der Waals surface area contributed by atoms with E-state index >= 15 is 0 Å². The Morgan fingerprint density at radius 3 is 2.58 bits per heavy atom. The van der Waals surface area contributed by atoms with Gasteiger partial charge in [0.05, 0.1) is 26.9 Å². The Morgan fingerprint density at radius 2 is 1.88 bits per heavy atom. The number of ether oxygens (including phenoxy) is 3. The van der Waals surface area contributed by atoms with Crippen LogP contribution in [0.5, 0.6) is 17.2 Å². The molecule has 2 aliphatic rings. The van der Waals surface area contributed by atoms with E-state index in [-0.39, 0.29) is 6.04 Å². The Bertz CT molecular complexity index is 573. The molecule has 5 heteroatoms. The van der Waals surface area contributed by atoms with Gasteiger partial charge in [-0.1, -0.05) is 18.9 Å². The number of fused-ring (bicyclic) bond motifs is 1. The minimum Gasteiger partial charge on any atom is -0.493 e. The number of hydrogen-bond acceptors (Lipinski definition) is 5. The lowest BCUT2D eigenvalue weighted by molar-refractivity contribution is -0.0851. The van der Waals surface area contributed by atoms with Crippen LogP contribution in [0.2, 0.25) is 0 Å². The second kappa shape index (κ2) is 7.19. The molecule has 1 saturated heterocycles. The van der Waals surface area contributed by atoms with Crippen LogP contribution >= 0.6 is 0 Å². The molecule has 3 atom stereocenters. The van der Waals surface area contributed by atoms with Crippen LogP contribution in [-0.2, 0) is 6.42 Å². The predicted octanol–water partition coefficient (Wildman–Crippen LogP) is 2.54. The summed E-state index contributed by atoms with van der Waals surface area (Å²) in [5.74, 6) is 2.33. The van der Waals surface area contributed by atoms with Crippen LogP contribution in [0, 0.1) is 5.92 Å². The van der Waals surface area contributed by atoms with Crippen molar-refractivity contribution in [3.8, 4) is 17.2 Å². The SMILES string of the molecule is COc1ccc(CC2NCCC3(O)CCCCC23)c(OC)c1OC. The van der Waals surface area contributed by atoms with Crippen LogP contribution in [0.25, 0.3) is 0 Å². The van der Waals surface area contributed by atoms with Gasteiger partial charge in [-0.15, -0.1) is 0 Å². The molecule has 1 aromatic rings. The zero-order valence-electron chi connectivity index (χ0n) is 14.9. The molecule has 1 heterocycles. The van der Waals surface area contributed by atoms with Gasteiger partial charge in [0.2, 0.25) is 5.75 Å². The molecule has 0 amide bonds. The van der Waals surface area contributed by atoms with Gasteiger partial charge in [0.1, 0.15) is 0 Å².